The van der Waals surface area contributed by atoms with E-state index in [1.165, 1.54) is 42.4 Å². The number of thiophene rings is 2. The Morgan fingerprint density at radius 3 is 1.40 bits per heavy atom. The summed E-state index contributed by atoms with van der Waals surface area (Å²) in [6, 6.07) is 21.9. The van der Waals surface area contributed by atoms with E-state index in [-0.39, 0.29) is 0 Å². The Labute approximate surface area is 184 Å². The highest BCUT2D eigenvalue weighted by Crippen LogP contribution is 2.38. The topological polar surface area (TPSA) is 0 Å². The smallest absolute Gasteiger partial charge is 0.0403 e. The quantitative estimate of drug-likeness (QED) is 0.200. The van der Waals surface area contributed by atoms with Crippen molar-refractivity contribution in [1.82, 2.24) is 0 Å². The van der Waals surface area contributed by atoms with Gasteiger partial charge in [0, 0.05) is 20.9 Å². The molecule has 0 saturated carbocycles. The van der Waals surface area contributed by atoms with Gasteiger partial charge in [0.05, 0.1) is 0 Å². The van der Waals surface area contributed by atoms with Crippen LogP contribution in [-0.2, 0) is 0 Å². The second-order valence-corrected chi connectivity index (χ2v) is 8.87. The minimum absolute atomic E-state index is 1.08. The first-order valence-corrected chi connectivity index (χ1v) is 11.5. The molecule has 0 unspecified atom stereocenters. The van der Waals surface area contributed by atoms with Gasteiger partial charge in [-0.3, -0.25) is 0 Å². The van der Waals surface area contributed by atoms with Crippen LogP contribution in [0.15, 0.2) is 71.4 Å². The first-order chi connectivity index (χ1) is 14.8. The van der Waals surface area contributed by atoms with Crippen LogP contribution in [0.3, 0.4) is 0 Å². The second kappa shape index (κ2) is 7.85. The van der Waals surface area contributed by atoms with E-state index >= 15 is 0 Å². The molecular formula is C28H18S2. The molecule has 2 aromatic heterocycles. The maximum absolute atomic E-state index is 3.40. The summed E-state index contributed by atoms with van der Waals surface area (Å²) < 4.78 is 0. The maximum atomic E-state index is 3.40. The molecule has 0 bridgehead atoms. The van der Waals surface area contributed by atoms with E-state index in [1.807, 2.05) is 13.8 Å². The van der Waals surface area contributed by atoms with Crippen molar-refractivity contribution in [2.24, 2.45) is 0 Å². The highest BCUT2D eigenvalue weighted by molar-refractivity contribution is 7.13. The van der Waals surface area contributed by atoms with Gasteiger partial charge in [-0.05, 0) is 81.5 Å². The molecule has 2 heterocycles. The van der Waals surface area contributed by atoms with Gasteiger partial charge in [0.15, 0.2) is 0 Å². The van der Waals surface area contributed by atoms with Crippen LogP contribution in [-0.4, -0.2) is 0 Å². The molecule has 0 aliphatic rings. The molecule has 0 fully saturated rings. The van der Waals surface area contributed by atoms with E-state index in [1.54, 1.807) is 22.7 Å². The van der Waals surface area contributed by atoms with Gasteiger partial charge in [-0.2, -0.15) is 0 Å². The summed E-state index contributed by atoms with van der Waals surface area (Å²) in [5.41, 5.74) is 4.61. The standard InChI is InChI=1S/C28H18S2/c1-3-7-21-23-13-11-20(28-10-6-16-30-28)18-26(23)22(8-4-2)24-14-12-19(17-25(21)24)27-9-5-15-29-27/h5-6,9-18H,1-2H3. The van der Waals surface area contributed by atoms with Crippen molar-refractivity contribution in [3.63, 3.8) is 0 Å². The van der Waals surface area contributed by atoms with Gasteiger partial charge in [0.2, 0.25) is 0 Å². The average molecular weight is 419 g/mol. The molecule has 5 rings (SSSR count). The van der Waals surface area contributed by atoms with E-state index in [4.69, 9.17) is 0 Å². The first-order valence-electron chi connectivity index (χ1n) is 9.77. The molecule has 142 valence electrons. The Morgan fingerprint density at radius 1 is 0.567 bits per heavy atom. The molecule has 0 N–H and O–H groups in total. The third kappa shape index (κ3) is 3.12. The zero-order chi connectivity index (χ0) is 20.5. The summed E-state index contributed by atoms with van der Waals surface area (Å²) in [4.78, 5) is 2.53. The largest absolute Gasteiger partial charge is 0.144 e. The summed E-state index contributed by atoms with van der Waals surface area (Å²) in [5.74, 6) is 13.1. The second-order valence-electron chi connectivity index (χ2n) is 6.98. The third-order valence-electron chi connectivity index (χ3n) is 5.23. The minimum atomic E-state index is 1.08. The van der Waals surface area contributed by atoms with Crippen LogP contribution in [0.25, 0.3) is 42.4 Å². The number of hydrogen-bond donors (Lipinski definition) is 0. The summed E-state index contributed by atoms with van der Waals surface area (Å²) in [7, 11) is 0. The predicted molar refractivity (Wildman–Crippen MR) is 133 cm³/mol. The maximum Gasteiger partial charge on any atom is 0.0403 e. The predicted octanol–water partition coefficient (Wildman–Crippen LogP) is 8.19. The third-order valence-corrected chi connectivity index (χ3v) is 7.07. The van der Waals surface area contributed by atoms with E-state index in [0.29, 0.717) is 0 Å². The lowest BCUT2D eigenvalue weighted by Crippen LogP contribution is -1.92. The normalized spacial score (nSPS) is 10.5. The zero-order valence-electron chi connectivity index (χ0n) is 16.7. The van der Waals surface area contributed by atoms with Gasteiger partial charge < -0.3 is 0 Å². The average Bonchev–Trinajstić information content (AvgIpc) is 3.50. The van der Waals surface area contributed by atoms with Gasteiger partial charge in [0.25, 0.3) is 0 Å². The Balaban J connectivity index is 1.91. The van der Waals surface area contributed by atoms with Gasteiger partial charge in [-0.15, -0.1) is 34.5 Å². The lowest BCUT2D eigenvalue weighted by atomic mass is 9.89. The fourth-order valence-electron chi connectivity index (χ4n) is 3.94. The van der Waals surface area contributed by atoms with Gasteiger partial charge in [-0.1, -0.05) is 48.2 Å². The molecule has 5 aromatic rings. The number of rotatable bonds is 2. The fourth-order valence-corrected chi connectivity index (χ4v) is 5.39. The molecule has 2 heteroatoms. The molecule has 0 amide bonds. The number of benzene rings is 3. The van der Waals surface area contributed by atoms with Crippen molar-refractivity contribution in [3.8, 4) is 44.6 Å². The van der Waals surface area contributed by atoms with E-state index < -0.39 is 0 Å². The van der Waals surface area contributed by atoms with Crippen LogP contribution in [0.1, 0.15) is 25.0 Å². The lowest BCUT2D eigenvalue weighted by molar-refractivity contribution is 1.69. The Hall–Kier alpha value is -3.30. The molecule has 0 saturated heterocycles. The lowest BCUT2D eigenvalue weighted by Gasteiger charge is -2.13. The number of fused-ring (bicyclic) bond motifs is 2. The zero-order valence-corrected chi connectivity index (χ0v) is 18.4. The molecule has 30 heavy (non-hydrogen) atoms. The van der Waals surface area contributed by atoms with Crippen LogP contribution >= 0.6 is 22.7 Å². The van der Waals surface area contributed by atoms with Crippen molar-refractivity contribution in [2.45, 2.75) is 13.8 Å². The molecule has 0 nitrogen and oxygen atoms in total. The monoisotopic (exact) mass is 418 g/mol. The van der Waals surface area contributed by atoms with E-state index in [0.717, 1.165) is 11.1 Å². The van der Waals surface area contributed by atoms with Crippen molar-refractivity contribution < 1.29 is 0 Å². The van der Waals surface area contributed by atoms with Gasteiger partial charge in [0.1, 0.15) is 0 Å². The fraction of sp³-hybridized carbons (Fsp3) is 0.0714. The van der Waals surface area contributed by atoms with Crippen LogP contribution in [0.5, 0.6) is 0 Å². The molecule has 0 radical (unpaired) electrons. The van der Waals surface area contributed by atoms with Crippen LogP contribution in [0.2, 0.25) is 0 Å². The summed E-state index contributed by atoms with van der Waals surface area (Å²) >= 11 is 3.52. The van der Waals surface area contributed by atoms with Gasteiger partial charge >= 0.3 is 0 Å². The van der Waals surface area contributed by atoms with E-state index in [9.17, 15) is 0 Å². The molecule has 0 atom stereocenters. The van der Waals surface area contributed by atoms with Crippen molar-refractivity contribution in [3.05, 3.63) is 82.6 Å². The van der Waals surface area contributed by atoms with Crippen molar-refractivity contribution in [1.29, 1.82) is 0 Å². The first kappa shape index (κ1) is 18.7. The Bertz CT molecular complexity index is 1380. The van der Waals surface area contributed by atoms with Crippen LogP contribution < -0.4 is 0 Å². The minimum Gasteiger partial charge on any atom is -0.144 e. The SMILES string of the molecule is CC#Cc1c2ccc(-c3cccs3)cc2c(C#CC)c2ccc(-c3cccs3)cc12. The van der Waals surface area contributed by atoms with Crippen LogP contribution in [0, 0.1) is 23.7 Å². The van der Waals surface area contributed by atoms with E-state index in [2.05, 4.69) is 95.1 Å². The van der Waals surface area contributed by atoms with Crippen LogP contribution in [0.4, 0.5) is 0 Å². The van der Waals surface area contributed by atoms with Gasteiger partial charge in [-0.25, -0.2) is 0 Å². The summed E-state index contributed by atoms with van der Waals surface area (Å²) in [5, 5.41) is 8.91. The highest BCUT2D eigenvalue weighted by atomic mass is 32.1. The Kier molecular flexibility index (Phi) is 4.89. The molecule has 0 aliphatic carbocycles. The molecule has 0 spiro atoms. The van der Waals surface area contributed by atoms with Crippen molar-refractivity contribution in [2.75, 3.05) is 0 Å². The Morgan fingerprint density at radius 2 is 1.03 bits per heavy atom. The molecular weight excluding hydrogens is 400 g/mol. The number of hydrogen-bond acceptors (Lipinski definition) is 2. The highest BCUT2D eigenvalue weighted by Gasteiger charge is 2.14. The van der Waals surface area contributed by atoms with Crippen molar-refractivity contribution >= 4 is 44.2 Å². The summed E-state index contributed by atoms with van der Waals surface area (Å²) in [6.07, 6.45) is 0. The summed E-state index contributed by atoms with van der Waals surface area (Å²) in [6.45, 7) is 3.81. The molecule has 3 aromatic carbocycles. The molecule has 0 aliphatic heterocycles.